The Kier molecular flexibility index (Phi) is 13.8. The molecular formula is C21H39IN4O3. The fraction of sp³-hybridized carbons (Fsp3) is 0.667. The van der Waals surface area contributed by atoms with Gasteiger partial charge in [0.25, 0.3) is 0 Å². The van der Waals surface area contributed by atoms with Gasteiger partial charge in [0, 0.05) is 44.4 Å². The molecule has 0 heterocycles. The van der Waals surface area contributed by atoms with E-state index in [0.717, 1.165) is 31.0 Å². The van der Waals surface area contributed by atoms with Gasteiger partial charge >= 0.3 is 0 Å². The number of hydrogen-bond acceptors (Lipinski definition) is 5. The first kappa shape index (κ1) is 27.6. The highest BCUT2D eigenvalue weighted by Gasteiger charge is 2.14. The fourth-order valence-electron chi connectivity index (χ4n) is 3.23. The molecule has 1 aromatic carbocycles. The molecule has 8 heteroatoms. The van der Waals surface area contributed by atoms with Crippen molar-refractivity contribution >= 4 is 29.9 Å². The van der Waals surface area contributed by atoms with Crippen LogP contribution in [-0.2, 0) is 6.54 Å². The topological polar surface area (TPSA) is 67.4 Å². The van der Waals surface area contributed by atoms with Crippen LogP contribution in [0.4, 0.5) is 0 Å². The molecule has 0 radical (unpaired) electrons. The predicted octanol–water partition coefficient (Wildman–Crippen LogP) is 3.50. The summed E-state index contributed by atoms with van der Waals surface area (Å²) in [7, 11) is 6.67. The lowest BCUT2D eigenvalue weighted by Crippen LogP contribution is -2.41. The summed E-state index contributed by atoms with van der Waals surface area (Å²) in [6.45, 7) is 11.4. The minimum absolute atomic E-state index is 0. The Morgan fingerprint density at radius 1 is 0.966 bits per heavy atom. The maximum absolute atomic E-state index is 5.50. The van der Waals surface area contributed by atoms with E-state index in [4.69, 9.17) is 14.2 Å². The van der Waals surface area contributed by atoms with E-state index in [9.17, 15) is 0 Å². The Hall–Kier alpha value is -1.42. The van der Waals surface area contributed by atoms with Crippen molar-refractivity contribution in [3.8, 4) is 17.2 Å². The van der Waals surface area contributed by atoms with Gasteiger partial charge in [-0.25, -0.2) is 0 Å². The van der Waals surface area contributed by atoms with E-state index in [2.05, 4.69) is 48.2 Å². The molecule has 1 aromatic rings. The highest BCUT2D eigenvalue weighted by atomic mass is 127. The van der Waals surface area contributed by atoms with E-state index < -0.39 is 0 Å². The number of methoxy groups -OCH3 is 3. The van der Waals surface area contributed by atoms with Gasteiger partial charge in [-0.2, -0.15) is 0 Å². The normalized spacial score (nSPS) is 11.5. The van der Waals surface area contributed by atoms with Gasteiger partial charge in [-0.1, -0.05) is 0 Å². The van der Waals surface area contributed by atoms with Crippen LogP contribution in [0.3, 0.4) is 0 Å². The average Bonchev–Trinajstić information content (AvgIpc) is 2.68. The van der Waals surface area contributed by atoms with Crippen molar-refractivity contribution in [2.45, 2.75) is 52.7 Å². The van der Waals surface area contributed by atoms with Crippen LogP contribution in [0, 0.1) is 0 Å². The first-order chi connectivity index (χ1) is 13.4. The number of halogens is 1. The van der Waals surface area contributed by atoms with E-state index >= 15 is 0 Å². The fourth-order valence-corrected chi connectivity index (χ4v) is 3.23. The highest BCUT2D eigenvalue weighted by Crippen LogP contribution is 2.33. The quantitative estimate of drug-likeness (QED) is 0.201. The van der Waals surface area contributed by atoms with Gasteiger partial charge in [-0.05, 0) is 34.1 Å². The van der Waals surface area contributed by atoms with Crippen molar-refractivity contribution in [2.24, 2.45) is 4.99 Å². The summed E-state index contributed by atoms with van der Waals surface area (Å²) in [5, 5.41) is 6.71. The number of rotatable bonds is 11. The van der Waals surface area contributed by atoms with Crippen LogP contribution in [0.15, 0.2) is 17.1 Å². The molecule has 2 N–H and O–H groups in total. The van der Waals surface area contributed by atoms with Gasteiger partial charge in [0.05, 0.1) is 33.4 Å². The second-order valence-corrected chi connectivity index (χ2v) is 7.14. The van der Waals surface area contributed by atoms with E-state index in [-0.39, 0.29) is 24.0 Å². The summed E-state index contributed by atoms with van der Waals surface area (Å²) in [6.07, 6.45) is 1.05. The smallest absolute Gasteiger partial charge is 0.191 e. The minimum Gasteiger partial charge on any atom is -0.496 e. The van der Waals surface area contributed by atoms with E-state index in [0.29, 0.717) is 35.9 Å². The molecule has 0 saturated carbocycles. The Bertz CT molecular complexity index is 591. The molecule has 0 aliphatic carbocycles. The summed E-state index contributed by atoms with van der Waals surface area (Å²) >= 11 is 0. The molecule has 0 aliphatic rings. The first-order valence-electron chi connectivity index (χ1n) is 9.87. The third-order valence-corrected chi connectivity index (χ3v) is 4.69. The molecule has 0 spiro atoms. The van der Waals surface area contributed by atoms with Crippen LogP contribution in [0.25, 0.3) is 0 Å². The number of aliphatic imine (C=N–C) groups is 1. The lowest BCUT2D eigenvalue weighted by atomic mass is 10.1. The van der Waals surface area contributed by atoms with Crippen molar-refractivity contribution in [1.29, 1.82) is 0 Å². The van der Waals surface area contributed by atoms with Crippen molar-refractivity contribution in [2.75, 3.05) is 41.5 Å². The second-order valence-electron chi connectivity index (χ2n) is 7.14. The van der Waals surface area contributed by atoms with Gasteiger partial charge in [0.2, 0.25) is 0 Å². The van der Waals surface area contributed by atoms with Gasteiger partial charge in [0.1, 0.15) is 17.2 Å². The summed E-state index contributed by atoms with van der Waals surface area (Å²) in [5.74, 6) is 2.87. The molecule has 168 valence electrons. The number of guanidine groups is 1. The number of hydrogen-bond donors (Lipinski definition) is 2. The molecule has 0 bridgehead atoms. The Balaban J connectivity index is 0.00000784. The molecule has 0 unspecified atom stereocenters. The van der Waals surface area contributed by atoms with Gasteiger partial charge in [-0.3, -0.25) is 9.89 Å². The minimum atomic E-state index is 0. The lowest BCUT2D eigenvalue weighted by molar-refractivity contribution is 0.173. The molecular weight excluding hydrogens is 483 g/mol. The van der Waals surface area contributed by atoms with Crippen LogP contribution in [0.1, 0.15) is 39.7 Å². The molecule has 0 atom stereocenters. The number of nitrogens with one attached hydrogen (secondary N) is 2. The standard InChI is InChI=1S/C21H38N4O3.HI/c1-15(2)25(16(3)4)11-9-10-23-21(22-5)24-14-18-19(27-7)12-17(26-6)13-20(18)28-8;/h12-13,15-16H,9-11,14H2,1-8H3,(H2,22,23,24);1H. The summed E-state index contributed by atoms with van der Waals surface area (Å²) < 4.78 is 16.3. The third-order valence-electron chi connectivity index (χ3n) is 4.69. The van der Waals surface area contributed by atoms with Crippen molar-refractivity contribution < 1.29 is 14.2 Å². The van der Waals surface area contributed by atoms with Crippen molar-refractivity contribution in [3.63, 3.8) is 0 Å². The SMILES string of the molecule is CN=C(NCCCN(C(C)C)C(C)C)NCc1c(OC)cc(OC)cc1OC.I. The highest BCUT2D eigenvalue weighted by molar-refractivity contribution is 14.0. The zero-order valence-electron chi connectivity index (χ0n) is 19.2. The Morgan fingerprint density at radius 3 is 1.93 bits per heavy atom. The number of nitrogens with zero attached hydrogens (tertiary/aromatic N) is 2. The molecule has 7 nitrogen and oxygen atoms in total. The summed E-state index contributed by atoms with van der Waals surface area (Å²) in [6, 6.07) is 4.80. The van der Waals surface area contributed by atoms with Gasteiger partial charge in [-0.15, -0.1) is 24.0 Å². The van der Waals surface area contributed by atoms with Crippen LogP contribution < -0.4 is 24.8 Å². The van der Waals surface area contributed by atoms with Crippen LogP contribution in [0.2, 0.25) is 0 Å². The Labute approximate surface area is 193 Å². The number of benzene rings is 1. The van der Waals surface area contributed by atoms with E-state index in [1.54, 1.807) is 28.4 Å². The van der Waals surface area contributed by atoms with Crippen molar-refractivity contribution in [1.82, 2.24) is 15.5 Å². The Morgan fingerprint density at radius 2 is 1.52 bits per heavy atom. The maximum atomic E-state index is 5.50. The average molecular weight is 522 g/mol. The monoisotopic (exact) mass is 522 g/mol. The van der Waals surface area contributed by atoms with Crippen molar-refractivity contribution in [3.05, 3.63) is 17.7 Å². The molecule has 0 fully saturated rings. The molecule has 1 rings (SSSR count). The maximum Gasteiger partial charge on any atom is 0.191 e. The molecule has 0 saturated heterocycles. The zero-order valence-corrected chi connectivity index (χ0v) is 21.5. The van der Waals surface area contributed by atoms with Gasteiger partial charge in [0.15, 0.2) is 5.96 Å². The summed E-state index contributed by atoms with van der Waals surface area (Å²) in [5.41, 5.74) is 0.916. The molecule has 29 heavy (non-hydrogen) atoms. The molecule has 0 amide bonds. The predicted molar refractivity (Wildman–Crippen MR) is 131 cm³/mol. The van der Waals surface area contributed by atoms with E-state index in [1.807, 2.05) is 12.1 Å². The first-order valence-corrected chi connectivity index (χ1v) is 9.87. The van der Waals surface area contributed by atoms with Crippen LogP contribution in [-0.4, -0.2) is 64.4 Å². The van der Waals surface area contributed by atoms with Crippen LogP contribution in [0.5, 0.6) is 17.2 Å². The zero-order chi connectivity index (χ0) is 21.1. The molecule has 0 aromatic heterocycles. The summed E-state index contributed by atoms with van der Waals surface area (Å²) in [4.78, 5) is 6.80. The number of ether oxygens (including phenoxy) is 3. The third kappa shape index (κ3) is 8.86. The van der Waals surface area contributed by atoms with Crippen LogP contribution >= 0.6 is 24.0 Å². The largest absolute Gasteiger partial charge is 0.496 e. The van der Waals surface area contributed by atoms with Gasteiger partial charge < -0.3 is 24.8 Å². The lowest BCUT2D eigenvalue weighted by Gasteiger charge is -2.30. The van der Waals surface area contributed by atoms with E-state index in [1.165, 1.54) is 0 Å². The second kappa shape index (κ2) is 14.5. The molecule has 0 aliphatic heterocycles.